The Morgan fingerprint density at radius 2 is 1.88 bits per heavy atom. The van der Waals surface area contributed by atoms with Crippen LogP contribution in [0.5, 0.6) is 0 Å². The Hall–Kier alpha value is -0.420. The van der Waals surface area contributed by atoms with E-state index in [1.54, 1.807) is 7.11 Å². The van der Waals surface area contributed by atoms with E-state index in [-0.39, 0.29) is 30.1 Å². The molecule has 1 aliphatic carbocycles. The molecule has 0 aromatic heterocycles. The molecular weight excluding hydrogens is 316 g/mol. The summed E-state index contributed by atoms with van der Waals surface area (Å²) in [5, 5.41) is 22.4. The topological polar surface area (TPSA) is 58.9 Å². The smallest absolute Gasteiger partial charge is 0.0905 e. The van der Waals surface area contributed by atoms with Crippen molar-refractivity contribution in [1.29, 1.82) is 0 Å². The van der Waals surface area contributed by atoms with Gasteiger partial charge in [0, 0.05) is 19.4 Å². The van der Waals surface area contributed by atoms with E-state index in [9.17, 15) is 10.2 Å². The lowest BCUT2D eigenvalue weighted by Crippen LogP contribution is -2.50. The molecule has 8 atom stereocenters. The van der Waals surface area contributed by atoms with Gasteiger partial charge < -0.3 is 19.7 Å². The van der Waals surface area contributed by atoms with Crippen LogP contribution in [-0.4, -0.2) is 46.8 Å². The van der Waals surface area contributed by atoms with Gasteiger partial charge in [-0.25, -0.2) is 0 Å². The van der Waals surface area contributed by atoms with E-state index in [4.69, 9.17) is 9.47 Å². The van der Waals surface area contributed by atoms with Gasteiger partial charge in [-0.2, -0.15) is 0 Å². The van der Waals surface area contributed by atoms with Gasteiger partial charge in [0.25, 0.3) is 0 Å². The maximum Gasteiger partial charge on any atom is 0.0905 e. The van der Waals surface area contributed by atoms with Gasteiger partial charge in [0.2, 0.25) is 0 Å². The summed E-state index contributed by atoms with van der Waals surface area (Å²) in [5.74, 6) is 1.59. The number of hydrogen-bond acceptors (Lipinski definition) is 4. The quantitative estimate of drug-likeness (QED) is 0.749. The third-order valence-corrected chi connectivity index (χ3v) is 7.23. The standard InChI is InChI=1S/C21H36O4/c1-12(2)14-8-7-13(3)17-15-11-21(5,23)16(24-6)9-10-20(4,22)19(25-15)18(14)17/h12,14-19,22-23H,3,7-11H2,1-2,4-6H3. The molecule has 25 heavy (non-hydrogen) atoms. The minimum absolute atomic E-state index is 0.0960. The first-order valence-electron chi connectivity index (χ1n) is 9.89. The highest BCUT2D eigenvalue weighted by molar-refractivity contribution is 5.18. The first-order valence-corrected chi connectivity index (χ1v) is 9.89. The summed E-state index contributed by atoms with van der Waals surface area (Å²) >= 11 is 0. The van der Waals surface area contributed by atoms with E-state index in [2.05, 4.69) is 20.4 Å². The van der Waals surface area contributed by atoms with E-state index in [1.807, 2.05) is 13.8 Å². The molecule has 1 saturated carbocycles. The third kappa shape index (κ3) is 3.31. The SMILES string of the molecule is C=C1CCC(C(C)C)C2C1C1CC(C)(O)C(OC)CCC(C)(O)C2O1. The molecule has 2 saturated heterocycles. The number of aliphatic hydroxyl groups is 2. The number of rotatable bonds is 2. The maximum atomic E-state index is 11.3. The molecule has 3 rings (SSSR count). The summed E-state index contributed by atoms with van der Waals surface area (Å²) < 4.78 is 12.1. The van der Waals surface area contributed by atoms with Crippen LogP contribution in [0.3, 0.4) is 0 Å². The highest BCUT2D eigenvalue weighted by atomic mass is 16.5. The van der Waals surface area contributed by atoms with Crippen molar-refractivity contribution < 1.29 is 19.7 Å². The van der Waals surface area contributed by atoms with Crippen LogP contribution in [0.25, 0.3) is 0 Å². The lowest BCUT2D eigenvalue weighted by atomic mass is 9.60. The molecule has 2 heterocycles. The van der Waals surface area contributed by atoms with Gasteiger partial charge >= 0.3 is 0 Å². The Kier molecular flexibility index (Phi) is 5.13. The molecule has 144 valence electrons. The monoisotopic (exact) mass is 352 g/mol. The van der Waals surface area contributed by atoms with Gasteiger partial charge in [0.1, 0.15) is 0 Å². The second kappa shape index (κ2) is 6.63. The fraction of sp³-hybridized carbons (Fsp3) is 0.905. The van der Waals surface area contributed by atoms with Crippen LogP contribution >= 0.6 is 0 Å². The van der Waals surface area contributed by atoms with Crippen molar-refractivity contribution in [3.05, 3.63) is 12.2 Å². The van der Waals surface area contributed by atoms with Crippen LogP contribution in [0.2, 0.25) is 0 Å². The summed E-state index contributed by atoms with van der Waals surface area (Å²) in [6.45, 7) is 12.7. The first-order chi connectivity index (χ1) is 11.6. The number of fused-ring (bicyclic) bond motifs is 5. The molecule has 0 spiro atoms. The molecule has 0 radical (unpaired) electrons. The van der Waals surface area contributed by atoms with Gasteiger partial charge in [0.15, 0.2) is 0 Å². The summed E-state index contributed by atoms with van der Waals surface area (Å²) in [5.41, 5.74) is -0.653. The molecular formula is C21H36O4. The molecule has 4 heteroatoms. The van der Waals surface area contributed by atoms with Gasteiger partial charge in [-0.15, -0.1) is 0 Å². The molecule has 2 N–H and O–H groups in total. The Balaban J connectivity index is 2.02. The number of methoxy groups -OCH3 is 1. The van der Waals surface area contributed by atoms with Gasteiger partial charge in [-0.3, -0.25) is 0 Å². The van der Waals surface area contributed by atoms with Crippen molar-refractivity contribution in [3.8, 4) is 0 Å². The fourth-order valence-corrected chi connectivity index (χ4v) is 5.84. The Labute approximate surface area is 152 Å². The molecule has 4 nitrogen and oxygen atoms in total. The Morgan fingerprint density at radius 1 is 1.20 bits per heavy atom. The van der Waals surface area contributed by atoms with E-state index in [0.29, 0.717) is 31.1 Å². The molecule has 0 aromatic carbocycles. The molecule has 2 bridgehead atoms. The minimum atomic E-state index is -0.968. The molecule has 3 aliphatic rings. The molecule has 2 aliphatic heterocycles. The van der Waals surface area contributed by atoms with E-state index >= 15 is 0 Å². The number of hydrogen-bond donors (Lipinski definition) is 2. The van der Waals surface area contributed by atoms with Crippen LogP contribution in [0, 0.1) is 23.7 Å². The van der Waals surface area contributed by atoms with E-state index in [1.165, 1.54) is 5.57 Å². The average molecular weight is 353 g/mol. The minimum Gasteiger partial charge on any atom is -0.387 e. The van der Waals surface area contributed by atoms with Crippen LogP contribution in [0.4, 0.5) is 0 Å². The van der Waals surface area contributed by atoms with Crippen molar-refractivity contribution in [1.82, 2.24) is 0 Å². The van der Waals surface area contributed by atoms with Crippen LogP contribution in [-0.2, 0) is 9.47 Å². The fourth-order valence-electron chi connectivity index (χ4n) is 5.84. The normalized spacial score (nSPS) is 51.0. The van der Waals surface area contributed by atoms with Gasteiger partial charge in [0.05, 0.1) is 29.5 Å². The molecule has 0 amide bonds. The lowest BCUT2D eigenvalue weighted by molar-refractivity contribution is -0.121. The molecule has 0 aromatic rings. The van der Waals surface area contributed by atoms with Crippen molar-refractivity contribution in [2.24, 2.45) is 23.7 Å². The van der Waals surface area contributed by atoms with Crippen molar-refractivity contribution in [2.45, 2.75) is 89.3 Å². The van der Waals surface area contributed by atoms with Crippen molar-refractivity contribution in [3.63, 3.8) is 0 Å². The van der Waals surface area contributed by atoms with E-state index in [0.717, 1.165) is 12.8 Å². The average Bonchev–Trinajstić information content (AvgIpc) is 2.88. The van der Waals surface area contributed by atoms with Crippen LogP contribution in [0.15, 0.2) is 12.2 Å². The predicted octanol–water partition coefficient (Wildman–Crippen LogP) is 3.31. The first kappa shape index (κ1) is 19.3. The van der Waals surface area contributed by atoms with Gasteiger partial charge in [-0.1, -0.05) is 26.0 Å². The second-order valence-electron chi connectivity index (χ2n) is 9.48. The summed E-state index contributed by atoms with van der Waals surface area (Å²) in [6.07, 6.45) is 3.29. The highest BCUT2D eigenvalue weighted by Gasteiger charge is 2.58. The molecule has 3 fully saturated rings. The van der Waals surface area contributed by atoms with E-state index < -0.39 is 11.2 Å². The number of ether oxygens (including phenoxy) is 2. The third-order valence-electron chi connectivity index (χ3n) is 7.23. The van der Waals surface area contributed by atoms with Crippen LogP contribution in [0.1, 0.15) is 59.8 Å². The summed E-state index contributed by atoms with van der Waals surface area (Å²) in [7, 11) is 1.64. The molecule has 8 unspecified atom stereocenters. The highest BCUT2D eigenvalue weighted by Crippen LogP contribution is 2.55. The summed E-state index contributed by atoms with van der Waals surface area (Å²) in [6, 6.07) is 0. The Morgan fingerprint density at radius 3 is 2.48 bits per heavy atom. The zero-order valence-electron chi connectivity index (χ0n) is 16.5. The largest absolute Gasteiger partial charge is 0.387 e. The van der Waals surface area contributed by atoms with Gasteiger partial charge in [-0.05, 0) is 57.3 Å². The maximum absolute atomic E-state index is 11.3. The van der Waals surface area contributed by atoms with Crippen molar-refractivity contribution in [2.75, 3.05) is 7.11 Å². The summed E-state index contributed by atoms with van der Waals surface area (Å²) in [4.78, 5) is 0. The lowest BCUT2D eigenvalue weighted by Gasteiger charge is -2.45. The zero-order chi connectivity index (χ0) is 18.6. The second-order valence-corrected chi connectivity index (χ2v) is 9.48. The predicted molar refractivity (Wildman–Crippen MR) is 98.2 cm³/mol. The Bertz CT molecular complexity index is 510. The van der Waals surface area contributed by atoms with Crippen LogP contribution < -0.4 is 0 Å². The zero-order valence-corrected chi connectivity index (χ0v) is 16.5. The van der Waals surface area contributed by atoms with Crippen molar-refractivity contribution >= 4 is 0 Å².